The Balaban J connectivity index is 1.74. The van der Waals surface area contributed by atoms with E-state index < -0.39 is 11.8 Å². The Kier molecular flexibility index (Phi) is 4.18. The number of nitrogens with one attached hydrogen (secondary N) is 1. The third-order valence-electron chi connectivity index (χ3n) is 3.75. The minimum atomic E-state index is -0.601. The summed E-state index contributed by atoms with van der Waals surface area (Å²) in [6.45, 7) is 1.93. The molecule has 7 heteroatoms. The fourth-order valence-electron chi connectivity index (χ4n) is 2.55. The molecule has 118 valence electrons. The number of aromatic nitrogens is 2. The van der Waals surface area contributed by atoms with Crippen molar-refractivity contribution < 1.29 is 9.59 Å². The van der Waals surface area contributed by atoms with Gasteiger partial charge < -0.3 is 16.0 Å². The van der Waals surface area contributed by atoms with E-state index in [0.717, 1.165) is 31.7 Å². The van der Waals surface area contributed by atoms with Gasteiger partial charge >= 0.3 is 0 Å². The molecule has 2 heterocycles. The van der Waals surface area contributed by atoms with Gasteiger partial charge in [-0.15, -0.1) is 10.2 Å². The lowest BCUT2D eigenvalue weighted by Crippen LogP contribution is -2.21. The zero-order valence-electron chi connectivity index (χ0n) is 12.5. The lowest BCUT2D eigenvalue weighted by molar-refractivity contribution is 0.100. The van der Waals surface area contributed by atoms with Crippen molar-refractivity contribution in [2.75, 3.05) is 23.3 Å². The lowest BCUT2D eigenvalue weighted by atomic mass is 10.1. The Morgan fingerprint density at radius 3 is 2.43 bits per heavy atom. The summed E-state index contributed by atoms with van der Waals surface area (Å²) < 4.78 is 0. The van der Waals surface area contributed by atoms with Gasteiger partial charge in [-0.2, -0.15) is 0 Å². The zero-order valence-corrected chi connectivity index (χ0v) is 12.5. The minimum Gasteiger partial charge on any atom is -0.366 e. The van der Waals surface area contributed by atoms with Crippen LogP contribution in [0.1, 0.15) is 33.7 Å². The number of para-hydroxylation sites is 1. The van der Waals surface area contributed by atoms with E-state index in [1.807, 2.05) is 0 Å². The Morgan fingerprint density at radius 1 is 1.04 bits per heavy atom. The Bertz CT molecular complexity index is 724. The van der Waals surface area contributed by atoms with E-state index in [4.69, 9.17) is 5.73 Å². The number of primary amides is 1. The molecule has 0 atom stereocenters. The second-order valence-electron chi connectivity index (χ2n) is 5.33. The molecular weight excluding hydrogens is 294 g/mol. The largest absolute Gasteiger partial charge is 0.366 e. The van der Waals surface area contributed by atoms with Gasteiger partial charge in [-0.05, 0) is 37.1 Å². The molecule has 2 amide bonds. The van der Waals surface area contributed by atoms with Crippen LogP contribution >= 0.6 is 0 Å². The van der Waals surface area contributed by atoms with Crippen LogP contribution in [0.4, 0.5) is 11.5 Å². The van der Waals surface area contributed by atoms with E-state index in [-0.39, 0.29) is 11.3 Å². The molecule has 0 saturated carbocycles. The van der Waals surface area contributed by atoms with Gasteiger partial charge in [0.25, 0.3) is 11.8 Å². The van der Waals surface area contributed by atoms with Crippen molar-refractivity contribution in [2.45, 2.75) is 12.8 Å². The summed E-state index contributed by atoms with van der Waals surface area (Å²) in [7, 11) is 0. The molecule has 3 N–H and O–H groups in total. The number of carbonyl (C=O) groups is 2. The highest BCUT2D eigenvalue weighted by atomic mass is 16.2. The second kappa shape index (κ2) is 6.43. The standard InChI is InChI=1S/C16H17N5O2/c17-15(22)11-5-1-2-6-12(11)18-16(23)13-7-8-14(20-19-13)21-9-3-4-10-21/h1-2,5-8H,3-4,9-10H2,(H2,17,22)(H,18,23). The third-order valence-corrected chi connectivity index (χ3v) is 3.75. The first-order chi connectivity index (χ1) is 11.1. The molecule has 7 nitrogen and oxygen atoms in total. The lowest BCUT2D eigenvalue weighted by Gasteiger charge is -2.15. The van der Waals surface area contributed by atoms with Crippen molar-refractivity contribution in [3.05, 3.63) is 47.7 Å². The molecule has 1 aliphatic rings. The monoisotopic (exact) mass is 311 g/mol. The quantitative estimate of drug-likeness (QED) is 0.889. The number of nitrogens with zero attached hydrogens (tertiary/aromatic N) is 3. The molecule has 0 bridgehead atoms. The maximum atomic E-state index is 12.2. The van der Waals surface area contributed by atoms with Gasteiger partial charge in [0.05, 0.1) is 11.3 Å². The first-order valence-corrected chi connectivity index (χ1v) is 7.44. The molecule has 0 aliphatic carbocycles. The number of carbonyl (C=O) groups excluding carboxylic acids is 2. The molecule has 0 unspecified atom stereocenters. The maximum absolute atomic E-state index is 12.2. The molecule has 2 aromatic rings. The second-order valence-corrected chi connectivity index (χ2v) is 5.33. The van der Waals surface area contributed by atoms with E-state index in [0.29, 0.717) is 5.69 Å². The third kappa shape index (κ3) is 3.28. The fraction of sp³-hybridized carbons (Fsp3) is 0.250. The normalized spacial score (nSPS) is 13.8. The van der Waals surface area contributed by atoms with Crippen LogP contribution in [0.25, 0.3) is 0 Å². The highest BCUT2D eigenvalue weighted by Gasteiger charge is 2.16. The first-order valence-electron chi connectivity index (χ1n) is 7.44. The number of hydrogen-bond donors (Lipinski definition) is 2. The van der Waals surface area contributed by atoms with Gasteiger partial charge in [-0.1, -0.05) is 12.1 Å². The molecule has 1 aromatic heterocycles. The van der Waals surface area contributed by atoms with Gasteiger partial charge in [-0.25, -0.2) is 0 Å². The molecule has 0 radical (unpaired) electrons. The number of benzene rings is 1. The van der Waals surface area contributed by atoms with Crippen molar-refractivity contribution in [1.82, 2.24) is 10.2 Å². The predicted octanol–water partition coefficient (Wildman–Crippen LogP) is 1.43. The maximum Gasteiger partial charge on any atom is 0.276 e. The average Bonchev–Trinajstić information content (AvgIpc) is 3.10. The number of nitrogens with two attached hydrogens (primary N) is 1. The Morgan fingerprint density at radius 2 is 1.78 bits per heavy atom. The molecule has 3 rings (SSSR count). The van der Waals surface area contributed by atoms with Crippen LogP contribution in [0, 0.1) is 0 Å². The molecule has 0 spiro atoms. The van der Waals surface area contributed by atoms with Crippen molar-refractivity contribution in [3.8, 4) is 0 Å². The topological polar surface area (TPSA) is 101 Å². The van der Waals surface area contributed by atoms with Crippen LogP contribution in [0.3, 0.4) is 0 Å². The number of rotatable bonds is 4. The molecule has 1 fully saturated rings. The molecular formula is C16H17N5O2. The fourth-order valence-corrected chi connectivity index (χ4v) is 2.55. The molecule has 1 aromatic carbocycles. The van der Waals surface area contributed by atoms with Crippen LogP contribution in [-0.4, -0.2) is 35.1 Å². The van der Waals surface area contributed by atoms with E-state index in [1.54, 1.807) is 36.4 Å². The summed E-state index contributed by atoms with van der Waals surface area (Å²) in [6, 6.07) is 9.98. The summed E-state index contributed by atoms with van der Waals surface area (Å²) in [5.41, 5.74) is 6.09. The summed E-state index contributed by atoms with van der Waals surface area (Å²) in [5.74, 6) is -0.257. The van der Waals surface area contributed by atoms with E-state index in [1.165, 1.54) is 0 Å². The number of anilines is 2. The zero-order chi connectivity index (χ0) is 16.2. The van der Waals surface area contributed by atoms with Crippen LogP contribution in [0.5, 0.6) is 0 Å². The number of hydrogen-bond acceptors (Lipinski definition) is 5. The van der Waals surface area contributed by atoms with E-state index in [2.05, 4.69) is 20.4 Å². The van der Waals surface area contributed by atoms with Crippen LogP contribution in [0.15, 0.2) is 36.4 Å². The van der Waals surface area contributed by atoms with E-state index >= 15 is 0 Å². The van der Waals surface area contributed by atoms with Crippen LogP contribution in [0.2, 0.25) is 0 Å². The minimum absolute atomic E-state index is 0.187. The summed E-state index contributed by atoms with van der Waals surface area (Å²) in [5, 5.41) is 10.7. The molecule has 1 saturated heterocycles. The van der Waals surface area contributed by atoms with Gasteiger partial charge in [0, 0.05) is 13.1 Å². The average molecular weight is 311 g/mol. The van der Waals surface area contributed by atoms with Gasteiger partial charge in [0.15, 0.2) is 11.5 Å². The van der Waals surface area contributed by atoms with Gasteiger partial charge in [-0.3, -0.25) is 9.59 Å². The SMILES string of the molecule is NC(=O)c1ccccc1NC(=O)c1ccc(N2CCCC2)nn1. The van der Waals surface area contributed by atoms with Crippen molar-refractivity contribution in [2.24, 2.45) is 5.73 Å². The molecule has 1 aliphatic heterocycles. The van der Waals surface area contributed by atoms with Crippen molar-refractivity contribution >= 4 is 23.3 Å². The van der Waals surface area contributed by atoms with Gasteiger partial charge in [0.1, 0.15) is 0 Å². The smallest absolute Gasteiger partial charge is 0.276 e. The van der Waals surface area contributed by atoms with Crippen LogP contribution in [-0.2, 0) is 0 Å². The van der Waals surface area contributed by atoms with Crippen LogP contribution < -0.4 is 16.0 Å². The Labute approximate surface area is 133 Å². The molecule has 23 heavy (non-hydrogen) atoms. The van der Waals surface area contributed by atoms with E-state index in [9.17, 15) is 9.59 Å². The Hall–Kier alpha value is -2.96. The summed E-state index contributed by atoms with van der Waals surface area (Å²) in [6.07, 6.45) is 2.29. The summed E-state index contributed by atoms with van der Waals surface area (Å²) in [4.78, 5) is 25.7. The van der Waals surface area contributed by atoms with Gasteiger partial charge in [0.2, 0.25) is 0 Å². The summed E-state index contributed by atoms with van der Waals surface area (Å²) >= 11 is 0. The highest BCUT2D eigenvalue weighted by Crippen LogP contribution is 2.18. The highest BCUT2D eigenvalue weighted by molar-refractivity contribution is 6.07. The first kappa shape index (κ1) is 15.0. The number of amides is 2. The van der Waals surface area contributed by atoms with Crippen molar-refractivity contribution in [1.29, 1.82) is 0 Å². The predicted molar refractivity (Wildman–Crippen MR) is 86.4 cm³/mol. The van der Waals surface area contributed by atoms with Crippen molar-refractivity contribution in [3.63, 3.8) is 0 Å².